The van der Waals surface area contributed by atoms with Crippen molar-refractivity contribution in [2.45, 2.75) is 0 Å². The predicted octanol–water partition coefficient (Wildman–Crippen LogP) is 2.70. The molecule has 0 N–H and O–H groups in total. The van der Waals surface area contributed by atoms with Crippen LogP contribution in [0.25, 0.3) is 15.3 Å². The topological polar surface area (TPSA) is 56.1 Å². The lowest BCUT2D eigenvalue weighted by atomic mass is 10.1. The summed E-state index contributed by atoms with van der Waals surface area (Å²) in [6.45, 7) is 0. The van der Waals surface area contributed by atoms with E-state index in [0.717, 1.165) is 21.0 Å². The predicted molar refractivity (Wildman–Crippen MR) is 84.2 cm³/mol. The summed E-state index contributed by atoms with van der Waals surface area (Å²) in [5.74, 6) is 0.549. The van der Waals surface area contributed by atoms with Crippen LogP contribution < -0.4 is 4.74 Å². The number of methoxy groups -OCH3 is 1. The van der Waals surface area contributed by atoms with Crippen LogP contribution in [0.1, 0.15) is 10.5 Å². The van der Waals surface area contributed by atoms with E-state index in [0.29, 0.717) is 5.69 Å². The molecule has 3 rings (SSSR count). The fourth-order valence-corrected chi connectivity index (χ4v) is 3.25. The zero-order valence-electron chi connectivity index (χ0n) is 12.4. The first-order valence-corrected chi connectivity index (χ1v) is 7.38. The Kier molecular flexibility index (Phi) is 3.82. The number of hydrogen-bond acceptors (Lipinski definition) is 5. The lowest BCUT2D eigenvalue weighted by Crippen LogP contribution is -2.26. The van der Waals surface area contributed by atoms with E-state index in [4.69, 9.17) is 9.57 Å². The minimum Gasteiger partial charge on any atom is -0.497 e. The molecule has 0 saturated carbocycles. The molecule has 114 valence electrons. The fourth-order valence-electron chi connectivity index (χ4n) is 2.16. The highest BCUT2D eigenvalue weighted by Gasteiger charge is 2.23. The van der Waals surface area contributed by atoms with Crippen molar-refractivity contribution in [2.24, 2.45) is 0 Å². The van der Waals surface area contributed by atoms with Crippen LogP contribution in [0.4, 0.5) is 0 Å². The highest BCUT2D eigenvalue weighted by Crippen LogP contribution is 2.34. The molecule has 1 amide bonds. The van der Waals surface area contributed by atoms with Gasteiger partial charge in [-0.1, -0.05) is 0 Å². The summed E-state index contributed by atoms with van der Waals surface area (Å²) in [5.41, 5.74) is 1.48. The molecule has 1 aromatic carbocycles. The number of nitrogens with zero attached hydrogens (tertiary/aromatic N) is 3. The Morgan fingerprint density at radius 3 is 2.64 bits per heavy atom. The third-order valence-corrected chi connectivity index (χ3v) is 4.53. The minimum absolute atomic E-state index is 0.224. The molecule has 0 aliphatic carbocycles. The number of imidazole rings is 1. The molecular formula is C15H15N3O3S. The molecule has 0 radical (unpaired) electrons. The molecule has 6 nitrogen and oxygen atoms in total. The van der Waals surface area contributed by atoms with Crippen LogP contribution in [-0.2, 0) is 4.84 Å². The first-order chi connectivity index (χ1) is 10.7. The molecule has 3 aromatic rings. The molecule has 22 heavy (non-hydrogen) atoms. The Morgan fingerprint density at radius 1 is 1.27 bits per heavy atom. The van der Waals surface area contributed by atoms with Gasteiger partial charge in [0.15, 0.2) is 0 Å². The summed E-state index contributed by atoms with van der Waals surface area (Å²) >= 11 is 1.51. The number of ether oxygens (including phenoxy) is 1. The Balaban J connectivity index is 2.15. The Hall–Kier alpha value is -2.38. The van der Waals surface area contributed by atoms with Gasteiger partial charge in [-0.15, -0.1) is 11.3 Å². The maximum Gasteiger partial charge on any atom is 0.295 e. The average molecular weight is 317 g/mol. The van der Waals surface area contributed by atoms with Crippen LogP contribution in [0.2, 0.25) is 0 Å². The Morgan fingerprint density at radius 2 is 2.00 bits per heavy atom. The first kappa shape index (κ1) is 14.6. The third-order valence-electron chi connectivity index (χ3n) is 3.38. The third kappa shape index (κ3) is 2.34. The molecule has 2 aromatic heterocycles. The zero-order valence-corrected chi connectivity index (χ0v) is 13.3. The molecule has 0 aliphatic rings. The maximum absolute atomic E-state index is 12.6. The summed E-state index contributed by atoms with van der Waals surface area (Å²) in [6, 6.07) is 7.61. The molecule has 2 heterocycles. The number of carbonyl (C=O) groups is 1. The molecule has 0 bridgehead atoms. The number of benzene rings is 1. The van der Waals surface area contributed by atoms with E-state index < -0.39 is 0 Å². The van der Waals surface area contributed by atoms with Gasteiger partial charge in [0.1, 0.15) is 22.6 Å². The van der Waals surface area contributed by atoms with E-state index in [1.165, 1.54) is 23.5 Å². The molecule has 7 heteroatoms. The average Bonchev–Trinajstić information content (AvgIpc) is 3.14. The highest BCUT2D eigenvalue weighted by atomic mass is 32.1. The van der Waals surface area contributed by atoms with E-state index in [1.807, 2.05) is 24.3 Å². The normalized spacial score (nSPS) is 10.9. The largest absolute Gasteiger partial charge is 0.497 e. The second kappa shape index (κ2) is 5.78. The van der Waals surface area contributed by atoms with Crippen molar-refractivity contribution in [2.75, 3.05) is 21.3 Å². The van der Waals surface area contributed by atoms with Crippen molar-refractivity contribution in [1.29, 1.82) is 0 Å². The number of carbonyl (C=O) groups excluding carboxylic acids is 1. The molecular weight excluding hydrogens is 302 g/mol. The summed E-state index contributed by atoms with van der Waals surface area (Å²) in [7, 11) is 4.67. The van der Waals surface area contributed by atoms with Crippen molar-refractivity contribution < 1.29 is 14.4 Å². The van der Waals surface area contributed by atoms with Gasteiger partial charge in [0.05, 0.1) is 25.3 Å². The lowest BCUT2D eigenvalue weighted by Gasteiger charge is -2.14. The van der Waals surface area contributed by atoms with Gasteiger partial charge in [0.25, 0.3) is 5.91 Å². The molecule has 0 saturated heterocycles. The SMILES string of the molecule is COc1ccc(-c2sc3cncn3c2C(=O)N(C)OC)cc1. The quantitative estimate of drug-likeness (QED) is 0.694. The first-order valence-electron chi connectivity index (χ1n) is 6.57. The molecule has 0 spiro atoms. The number of aromatic nitrogens is 2. The van der Waals surface area contributed by atoms with Gasteiger partial charge in [-0.05, 0) is 29.8 Å². The van der Waals surface area contributed by atoms with Crippen molar-refractivity contribution >= 4 is 22.1 Å². The van der Waals surface area contributed by atoms with E-state index >= 15 is 0 Å². The van der Waals surface area contributed by atoms with Gasteiger partial charge in [0.2, 0.25) is 0 Å². The maximum atomic E-state index is 12.6. The van der Waals surface area contributed by atoms with Crippen LogP contribution in [0.3, 0.4) is 0 Å². The van der Waals surface area contributed by atoms with Crippen LogP contribution in [0, 0.1) is 0 Å². The van der Waals surface area contributed by atoms with Crippen LogP contribution in [0.15, 0.2) is 36.8 Å². The monoisotopic (exact) mass is 317 g/mol. The lowest BCUT2D eigenvalue weighted by molar-refractivity contribution is -0.0760. The summed E-state index contributed by atoms with van der Waals surface area (Å²) < 4.78 is 6.96. The standard InChI is InChI=1S/C15H15N3O3S/c1-17(21-3)15(19)13-14(22-12-8-16-9-18(12)13)10-4-6-11(20-2)7-5-10/h4-9H,1-3H3. The van der Waals surface area contributed by atoms with E-state index in [2.05, 4.69) is 4.98 Å². The number of fused-ring (bicyclic) bond motifs is 1. The van der Waals surface area contributed by atoms with E-state index in [1.54, 1.807) is 31.1 Å². The number of rotatable bonds is 4. The summed E-state index contributed by atoms with van der Waals surface area (Å²) in [6.07, 6.45) is 3.37. The molecule has 0 aliphatic heterocycles. The number of thiazole rings is 1. The Labute approximate surface area is 131 Å². The van der Waals surface area contributed by atoms with Gasteiger partial charge in [-0.3, -0.25) is 14.0 Å². The fraction of sp³-hybridized carbons (Fsp3) is 0.200. The van der Waals surface area contributed by atoms with Gasteiger partial charge < -0.3 is 4.74 Å². The van der Waals surface area contributed by atoms with Crippen molar-refractivity contribution in [3.05, 3.63) is 42.5 Å². The second-order valence-corrected chi connectivity index (χ2v) is 5.63. The van der Waals surface area contributed by atoms with E-state index in [-0.39, 0.29) is 5.91 Å². The van der Waals surface area contributed by atoms with Crippen molar-refractivity contribution in [1.82, 2.24) is 14.4 Å². The summed E-state index contributed by atoms with van der Waals surface area (Å²) in [4.78, 5) is 23.5. The highest BCUT2D eigenvalue weighted by molar-refractivity contribution is 7.21. The number of hydroxylamine groups is 2. The minimum atomic E-state index is -0.224. The van der Waals surface area contributed by atoms with Crippen LogP contribution in [-0.4, -0.2) is 41.6 Å². The number of amides is 1. The molecule has 0 fully saturated rings. The van der Waals surface area contributed by atoms with Gasteiger partial charge in [0, 0.05) is 7.05 Å². The van der Waals surface area contributed by atoms with Crippen molar-refractivity contribution in [3.63, 3.8) is 0 Å². The van der Waals surface area contributed by atoms with Crippen LogP contribution in [0.5, 0.6) is 5.75 Å². The Bertz CT molecular complexity index is 807. The summed E-state index contributed by atoms with van der Waals surface area (Å²) in [5, 5.41) is 1.20. The zero-order chi connectivity index (χ0) is 15.7. The smallest absolute Gasteiger partial charge is 0.295 e. The van der Waals surface area contributed by atoms with Crippen LogP contribution >= 0.6 is 11.3 Å². The molecule has 0 atom stereocenters. The second-order valence-electron chi connectivity index (χ2n) is 4.60. The van der Waals surface area contributed by atoms with E-state index in [9.17, 15) is 4.79 Å². The van der Waals surface area contributed by atoms with Gasteiger partial charge in [-0.25, -0.2) is 10.0 Å². The number of hydrogen-bond donors (Lipinski definition) is 0. The van der Waals surface area contributed by atoms with Crippen molar-refractivity contribution in [3.8, 4) is 16.2 Å². The molecule has 0 unspecified atom stereocenters. The van der Waals surface area contributed by atoms with Gasteiger partial charge in [-0.2, -0.15) is 0 Å². The van der Waals surface area contributed by atoms with Gasteiger partial charge >= 0.3 is 0 Å².